The van der Waals surface area contributed by atoms with Crippen molar-refractivity contribution in [1.29, 1.82) is 0 Å². The number of hydrogen-bond donors (Lipinski definition) is 1. The van der Waals surface area contributed by atoms with Gasteiger partial charge in [0, 0.05) is 19.6 Å². The molecule has 1 N–H and O–H groups in total. The summed E-state index contributed by atoms with van der Waals surface area (Å²) in [6, 6.07) is 8.05. The lowest BCUT2D eigenvalue weighted by atomic mass is 10.2. The average Bonchev–Trinajstić information content (AvgIpc) is 3.17. The van der Waals surface area contributed by atoms with E-state index in [1.807, 2.05) is 21.7 Å². The van der Waals surface area contributed by atoms with Crippen LogP contribution in [0.4, 0.5) is 10.1 Å². The molecule has 1 unspecified atom stereocenters. The van der Waals surface area contributed by atoms with Crippen LogP contribution in [-0.4, -0.2) is 41.7 Å². The highest BCUT2D eigenvalue weighted by atomic mass is 32.1. The van der Waals surface area contributed by atoms with Crippen LogP contribution in [0.1, 0.15) is 12.0 Å². The third kappa shape index (κ3) is 3.44. The predicted molar refractivity (Wildman–Crippen MR) is 89.0 cm³/mol. The molecule has 0 radical (unpaired) electrons. The van der Waals surface area contributed by atoms with Crippen LogP contribution < -0.4 is 4.90 Å². The molecule has 2 aromatic rings. The van der Waals surface area contributed by atoms with E-state index in [4.69, 9.17) is 0 Å². The van der Waals surface area contributed by atoms with Gasteiger partial charge in [0.1, 0.15) is 5.82 Å². The molecular formula is C17H19FN2O2S. The summed E-state index contributed by atoms with van der Waals surface area (Å²) in [6.45, 7) is 1.53. The molecule has 4 nitrogen and oxygen atoms in total. The van der Waals surface area contributed by atoms with Gasteiger partial charge in [0.25, 0.3) is 0 Å². The fraction of sp³-hybridized carbons (Fsp3) is 0.353. The molecule has 1 aromatic carbocycles. The minimum absolute atomic E-state index is 0.00633. The summed E-state index contributed by atoms with van der Waals surface area (Å²) >= 11 is 1.61. The number of para-hydroxylation sites is 1. The van der Waals surface area contributed by atoms with Gasteiger partial charge in [-0.15, -0.1) is 0 Å². The SMILES string of the molecule is O=C1C(N(CCO)Cc2ccsc2)CCN1c1ccccc1F. The van der Waals surface area contributed by atoms with Gasteiger partial charge in [-0.3, -0.25) is 9.69 Å². The zero-order valence-electron chi connectivity index (χ0n) is 12.7. The van der Waals surface area contributed by atoms with Crippen molar-refractivity contribution >= 4 is 22.9 Å². The van der Waals surface area contributed by atoms with Crippen LogP contribution in [0.5, 0.6) is 0 Å². The number of nitrogens with zero attached hydrogens (tertiary/aromatic N) is 2. The molecule has 1 amide bonds. The van der Waals surface area contributed by atoms with Crippen LogP contribution in [0.2, 0.25) is 0 Å². The number of benzene rings is 1. The van der Waals surface area contributed by atoms with Crippen molar-refractivity contribution in [3.05, 3.63) is 52.5 Å². The second kappa shape index (κ2) is 7.21. The van der Waals surface area contributed by atoms with Crippen LogP contribution >= 0.6 is 11.3 Å². The molecule has 1 aromatic heterocycles. The lowest BCUT2D eigenvalue weighted by molar-refractivity contribution is -0.122. The number of hydrogen-bond acceptors (Lipinski definition) is 4. The Kier molecular flexibility index (Phi) is 5.05. The highest BCUT2D eigenvalue weighted by Gasteiger charge is 2.37. The Morgan fingerprint density at radius 2 is 2.17 bits per heavy atom. The summed E-state index contributed by atoms with van der Waals surface area (Å²) in [4.78, 5) is 16.2. The molecule has 1 aliphatic rings. The van der Waals surface area contributed by atoms with E-state index in [-0.39, 0.29) is 24.4 Å². The first-order chi connectivity index (χ1) is 11.2. The summed E-state index contributed by atoms with van der Waals surface area (Å²) < 4.78 is 14.0. The molecule has 0 saturated carbocycles. The molecule has 0 bridgehead atoms. The molecule has 2 heterocycles. The minimum atomic E-state index is -0.381. The first-order valence-corrected chi connectivity index (χ1v) is 8.57. The summed E-state index contributed by atoms with van der Waals surface area (Å²) in [5, 5.41) is 13.3. The van der Waals surface area contributed by atoms with Crippen molar-refractivity contribution in [2.75, 3.05) is 24.6 Å². The first kappa shape index (κ1) is 16.1. The van der Waals surface area contributed by atoms with E-state index in [1.165, 1.54) is 11.0 Å². The molecule has 122 valence electrons. The molecule has 23 heavy (non-hydrogen) atoms. The van der Waals surface area contributed by atoms with Gasteiger partial charge < -0.3 is 10.0 Å². The van der Waals surface area contributed by atoms with Gasteiger partial charge in [-0.05, 0) is 40.9 Å². The number of rotatable bonds is 6. The van der Waals surface area contributed by atoms with Crippen molar-refractivity contribution in [3.63, 3.8) is 0 Å². The Balaban J connectivity index is 1.77. The summed E-state index contributed by atoms with van der Waals surface area (Å²) in [5.74, 6) is -0.480. The Morgan fingerprint density at radius 1 is 1.35 bits per heavy atom. The highest BCUT2D eigenvalue weighted by molar-refractivity contribution is 7.07. The maximum atomic E-state index is 14.0. The molecule has 1 atom stereocenters. The lowest BCUT2D eigenvalue weighted by Crippen LogP contribution is -2.43. The quantitative estimate of drug-likeness (QED) is 0.883. The molecule has 3 rings (SSSR count). The average molecular weight is 334 g/mol. The molecule has 1 aliphatic heterocycles. The Morgan fingerprint density at radius 3 is 2.87 bits per heavy atom. The lowest BCUT2D eigenvalue weighted by Gasteiger charge is -2.27. The molecule has 0 spiro atoms. The Bertz CT molecular complexity index is 662. The molecule has 0 aliphatic carbocycles. The molecule has 1 fully saturated rings. The number of amides is 1. The fourth-order valence-corrected chi connectivity index (χ4v) is 3.66. The van der Waals surface area contributed by atoms with Gasteiger partial charge in [0.2, 0.25) is 5.91 Å². The van der Waals surface area contributed by atoms with Gasteiger partial charge >= 0.3 is 0 Å². The smallest absolute Gasteiger partial charge is 0.244 e. The number of halogens is 1. The number of thiophene rings is 1. The van der Waals surface area contributed by atoms with E-state index in [9.17, 15) is 14.3 Å². The van der Waals surface area contributed by atoms with Crippen molar-refractivity contribution in [1.82, 2.24) is 4.90 Å². The largest absolute Gasteiger partial charge is 0.395 e. The minimum Gasteiger partial charge on any atom is -0.395 e. The van der Waals surface area contributed by atoms with Crippen molar-refractivity contribution in [2.45, 2.75) is 19.0 Å². The predicted octanol–water partition coefficient (Wildman–Crippen LogP) is 2.49. The standard InChI is InChI=1S/C17H19FN2O2S/c18-14-3-1-2-4-15(14)20-7-5-16(17(20)22)19(8-9-21)11-13-6-10-23-12-13/h1-4,6,10,12,16,21H,5,7-9,11H2. The molecule has 1 saturated heterocycles. The maximum Gasteiger partial charge on any atom is 0.244 e. The van der Waals surface area contributed by atoms with E-state index >= 15 is 0 Å². The summed E-state index contributed by atoms with van der Waals surface area (Å²) in [7, 11) is 0. The molecular weight excluding hydrogens is 315 g/mol. The highest BCUT2D eigenvalue weighted by Crippen LogP contribution is 2.27. The van der Waals surface area contributed by atoms with Gasteiger partial charge in [0.05, 0.1) is 18.3 Å². The first-order valence-electron chi connectivity index (χ1n) is 7.62. The second-order valence-electron chi connectivity index (χ2n) is 5.57. The molecule has 6 heteroatoms. The van der Waals surface area contributed by atoms with E-state index in [0.717, 1.165) is 5.56 Å². The van der Waals surface area contributed by atoms with E-state index < -0.39 is 0 Å². The number of aliphatic hydroxyl groups is 1. The van der Waals surface area contributed by atoms with Crippen LogP contribution in [0.25, 0.3) is 0 Å². The Labute approximate surface area is 138 Å². The van der Waals surface area contributed by atoms with Gasteiger partial charge in [-0.2, -0.15) is 11.3 Å². The third-order valence-electron chi connectivity index (χ3n) is 4.11. The van der Waals surface area contributed by atoms with Crippen molar-refractivity contribution in [2.24, 2.45) is 0 Å². The topological polar surface area (TPSA) is 43.8 Å². The zero-order chi connectivity index (χ0) is 16.2. The third-order valence-corrected chi connectivity index (χ3v) is 4.85. The van der Waals surface area contributed by atoms with Crippen LogP contribution in [0, 0.1) is 5.82 Å². The van der Waals surface area contributed by atoms with Crippen molar-refractivity contribution < 1.29 is 14.3 Å². The van der Waals surface area contributed by atoms with Crippen molar-refractivity contribution in [3.8, 4) is 0 Å². The van der Waals surface area contributed by atoms with Gasteiger partial charge in [0.15, 0.2) is 0 Å². The Hall–Kier alpha value is -1.76. The maximum absolute atomic E-state index is 14.0. The van der Waals surface area contributed by atoms with Gasteiger partial charge in [-0.25, -0.2) is 4.39 Å². The van der Waals surface area contributed by atoms with Crippen LogP contribution in [0.3, 0.4) is 0 Å². The number of aliphatic hydroxyl groups excluding tert-OH is 1. The van der Waals surface area contributed by atoms with Crippen LogP contribution in [0.15, 0.2) is 41.1 Å². The number of anilines is 1. The van der Waals surface area contributed by atoms with Crippen LogP contribution in [-0.2, 0) is 11.3 Å². The number of carbonyl (C=O) groups excluding carboxylic acids is 1. The van der Waals surface area contributed by atoms with E-state index in [1.54, 1.807) is 29.5 Å². The van der Waals surface area contributed by atoms with E-state index in [2.05, 4.69) is 0 Å². The monoisotopic (exact) mass is 334 g/mol. The fourth-order valence-electron chi connectivity index (χ4n) is 3.00. The summed E-state index contributed by atoms with van der Waals surface area (Å²) in [5.41, 5.74) is 1.46. The van der Waals surface area contributed by atoms with Gasteiger partial charge in [-0.1, -0.05) is 12.1 Å². The second-order valence-corrected chi connectivity index (χ2v) is 6.35. The summed E-state index contributed by atoms with van der Waals surface area (Å²) in [6.07, 6.45) is 0.636. The van der Waals surface area contributed by atoms with E-state index in [0.29, 0.717) is 31.7 Å². The normalized spacial score (nSPS) is 18.1. The number of carbonyl (C=O) groups is 1. The zero-order valence-corrected chi connectivity index (χ0v) is 13.5.